The Morgan fingerprint density at radius 2 is 1.69 bits per heavy atom. The Morgan fingerprint density at radius 3 is 2.31 bits per heavy atom. The van der Waals surface area contributed by atoms with Gasteiger partial charge in [0.05, 0.1) is 5.56 Å². The van der Waals surface area contributed by atoms with E-state index in [2.05, 4.69) is 21.6 Å². The largest absolute Gasteiger partial charge is 0.429 e. The smallest absolute Gasteiger partial charge is 0.429 e. The third-order valence-corrected chi connectivity index (χ3v) is 4.63. The molecule has 0 atom stereocenters. The Balaban J connectivity index is 1.76. The van der Waals surface area contributed by atoms with Crippen LogP contribution in [-0.4, -0.2) is 9.97 Å². The van der Waals surface area contributed by atoms with Gasteiger partial charge in [0.2, 0.25) is 0 Å². The second-order valence-corrected chi connectivity index (χ2v) is 7.08. The molecule has 2 aromatic carbocycles. The molecule has 0 aliphatic rings. The van der Waals surface area contributed by atoms with E-state index in [0.29, 0.717) is 10.6 Å². The van der Waals surface area contributed by atoms with Gasteiger partial charge in [-0.25, -0.2) is 14.4 Å². The van der Waals surface area contributed by atoms with Gasteiger partial charge in [0, 0.05) is 23.0 Å². The number of unbranched alkanes of at least 4 members (excludes halogenated alkanes) is 2. The maximum Gasteiger partial charge on any atom is 0.429 e. The molecule has 152 valence electrons. The molecule has 0 unspecified atom stereocenters. The standard InChI is InChI=1S/C22H20ClF3N2O/c1-2-3-4-5-15-13-27-21(28-14-15)16-6-11-19(20(24)12-16)22(25,26)29-18-9-7-17(23)8-10-18/h6-14H,2-5H2,1H3. The summed E-state index contributed by atoms with van der Waals surface area (Å²) in [7, 11) is 0. The summed E-state index contributed by atoms with van der Waals surface area (Å²) in [5.74, 6) is -0.946. The molecule has 0 saturated carbocycles. The zero-order valence-electron chi connectivity index (χ0n) is 15.8. The van der Waals surface area contributed by atoms with Gasteiger partial charge in [-0.3, -0.25) is 0 Å². The Hall–Kier alpha value is -2.60. The van der Waals surface area contributed by atoms with Crippen molar-refractivity contribution in [3.8, 4) is 17.1 Å². The Labute approximate surface area is 172 Å². The third kappa shape index (κ3) is 5.48. The highest BCUT2D eigenvalue weighted by Crippen LogP contribution is 2.34. The van der Waals surface area contributed by atoms with Crippen LogP contribution in [0.4, 0.5) is 13.2 Å². The van der Waals surface area contributed by atoms with E-state index in [-0.39, 0.29) is 11.6 Å². The lowest BCUT2D eigenvalue weighted by Gasteiger charge is -2.19. The molecule has 0 aliphatic heterocycles. The van der Waals surface area contributed by atoms with Gasteiger partial charge in [0.25, 0.3) is 0 Å². The van der Waals surface area contributed by atoms with E-state index in [1.165, 1.54) is 30.3 Å². The number of aromatic nitrogens is 2. The quantitative estimate of drug-likeness (QED) is 0.376. The van der Waals surface area contributed by atoms with Crippen molar-refractivity contribution in [2.45, 2.75) is 38.7 Å². The molecule has 3 nitrogen and oxygen atoms in total. The summed E-state index contributed by atoms with van der Waals surface area (Å²) in [5, 5.41) is 0.382. The average molecular weight is 421 g/mol. The number of aryl methyl sites for hydroxylation is 1. The molecular formula is C22H20ClF3N2O. The van der Waals surface area contributed by atoms with E-state index >= 15 is 0 Å². The van der Waals surface area contributed by atoms with Crippen molar-refractivity contribution in [3.63, 3.8) is 0 Å². The van der Waals surface area contributed by atoms with E-state index in [0.717, 1.165) is 43.4 Å². The molecule has 0 bridgehead atoms. The number of alkyl halides is 2. The topological polar surface area (TPSA) is 35.0 Å². The number of hydrogen-bond acceptors (Lipinski definition) is 3. The number of halogens is 4. The Morgan fingerprint density at radius 1 is 1.00 bits per heavy atom. The molecule has 0 saturated heterocycles. The number of benzene rings is 2. The first-order chi connectivity index (χ1) is 13.9. The Bertz CT molecular complexity index is 947. The number of nitrogens with zero attached hydrogens (tertiary/aromatic N) is 2. The normalized spacial score (nSPS) is 11.5. The fourth-order valence-electron chi connectivity index (χ4n) is 2.81. The molecule has 1 aromatic heterocycles. The lowest BCUT2D eigenvalue weighted by Crippen LogP contribution is -2.23. The van der Waals surface area contributed by atoms with Crippen LogP contribution in [0.2, 0.25) is 5.02 Å². The highest BCUT2D eigenvalue weighted by molar-refractivity contribution is 6.30. The molecule has 3 aromatic rings. The molecule has 0 amide bonds. The van der Waals surface area contributed by atoms with Gasteiger partial charge in [-0.15, -0.1) is 0 Å². The summed E-state index contributed by atoms with van der Waals surface area (Å²) in [6.45, 7) is 2.13. The minimum Gasteiger partial charge on any atom is -0.429 e. The average Bonchev–Trinajstić information content (AvgIpc) is 2.70. The van der Waals surface area contributed by atoms with Gasteiger partial charge in [-0.2, -0.15) is 8.78 Å². The first-order valence-corrected chi connectivity index (χ1v) is 9.70. The summed E-state index contributed by atoms with van der Waals surface area (Å²) in [5.41, 5.74) is 0.434. The van der Waals surface area contributed by atoms with E-state index in [1.54, 1.807) is 12.4 Å². The molecule has 1 heterocycles. The molecule has 0 spiro atoms. The van der Waals surface area contributed by atoms with Crippen molar-refractivity contribution in [3.05, 3.63) is 76.8 Å². The van der Waals surface area contributed by atoms with E-state index in [1.807, 2.05) is 0 Å². The lowest BCUT2D eigenvalue weighted by atomic mass is 10.1. The maximum absolute atomic E-state index is 14.4. The third-order valence-electron chi connectivity index (χ3n) is 4.37. The molecule has 0 fully saturated rings. The summed E-state index contributed by atoms with van der Waals surface area (Å²) >= 11 is 5.73. The predicted octanol–water partition coefficient (Wildman–Crippen LogP) is 6.80. The van der Waals surface area contributed by atoms with Crippen LogP contribution in [0.3, 0.4) is 0 Å². The maximum atomic E-state index is 14.4. The van der Waals surface area contributed by atoms with Crippen molar-refractivity contribution in [1.29, 1.82) is 0 Å². The highest BCUT2D eigenvalue weighted by atomic mass is 35.5. The van der Waals surface area contributed by atoms with Crippen molar-refractivity contribution < 1.29 is 17.9 Å². The zero-order chi connectivity index (χ0) is 20.9. The molecule has 3 rings (SSSR count). The van der Waals surface area contributed by atoms with Gasteiger partial charge in [0.15, 0.2) is 5.82 Å². The van der Waals surface area contributed by atoms with Crippen LogP contribution in [0.15, 0.2) is 54.9 Å². The van der Waals surface area contributed by atoms with E-state index in [9.17, 15) is 13.2 Å². The van der Waals surface area contributed by atoms with Crippen LogP contribution in [0, 0.1) is 5.82 Å². The first-order valence-electron chi connectivity index (χ1n) is 9.33. The second-order valence-electron chi connectivity index (χ2n) is 6.64. The minimum absolute atomic E-state index is 0.120. The predicted molar refractivity (Wildman–Crippen MR) is 107 cm³/mol. The van der Waals surface area contributed by atoms with Crippen LogP contribution in [-0.2, 0) is 12.5 Å². The van der Waals surface area contributed by atoms with Crippen LogP contribution < -0.4 is 4.74 Å². The molecule has 29 heavy (non-hydrogen) atoms. The summed E-state index contributed by atoms with van der Waals surface area (Å²) in [6.07, 6.45) is 3.68. The van der Waals surface area contributed by atoms with Gasteiger partial charge in [-0.05, 0) is 54.8 Å². The monoisotopic (exact) mass is 420 g/mol. The van der Waals surface area contributed by atoms with Gasteiger partial charge in [-0.1, -0.05) is 37.4 Å². The van der Waals surface area contributed by atoms with Gasteiger partial charge >= 0.3 is 6.11 Å². The van der Waals surface area contributed by atoms with Crippen molar-refractivity contribution in [2.75, 3.05) is 0 Å². The molecular weight excluding hydrogens is 401 g/mol. The van der Waals surface area contributed by atoms with E-state index in [4.69, 9.17) is 11.6 Å². The van der Waals surface area contributed by atoms with Crippen LogP contribution >= 0.6 is 11.6 Å². The minimum atomic E-state index is -3.85. The lowest BCUT2D eigenvalue weighted by molar-refractivity contribution is -0.187. The fraction of sp³-hybridized carbons (Fsp3) is 0.273. The summed E-state index contributed by atoms with van der Waals surface area (Å²) < 4.78 is 47.9. The molecule has 0 radical (unpaired) electrons. The molecule has 0 aliphatic carbocycles. The fourth-order valence-corrected chi connectivity index (χ4v) is 2.93. The number of hydrogen-bond donors (Lipinski definition) is 0. The summed E-state index contributed by atoms with van der Waals surface area (Å²) in [6, 6.07) is 8.73. The van der Waals surface area contributed by atoms with Crippen LogP contribution in [0.1, 0.15) is 37.3 Å². The molecule has 7 heteroatoms. The van der Waals surface area contributed by atoms with Crippen molar-refractivity contribution >= 4 is 11.6 Å². The van der Waals surface area contributed by atoms with Gasteiger partial charge < -0.3 is 4.74 Å². The number of ether oxygens (including phenoxy) is 1. The zero-order valence-corrected chi connectivity index (χ0v) is 16.6. The summed E-state index contributed by atoms with van der Waals surface area (Å²) in [4.78, 5) is 8.46. The highest BCUT2D eigenvalue weighted by Gasteiger charge is 2.37. The molecule has 0 N–H and O–H groups in total. The first kappa shape index (κ1) is 21.1. The van der Waals surface area contributed by atoms with Crippen molar-refractivity contribution in [2.24, 2.45) is 0 Å². The van der Waals surface area contributed by atoms with E-state index < -0.39 is 17.5 Å². The van der Waals surface area contributed by atoms with Gasteiger partial charge in [0.1, 0.15) is 11.6 Å². The van der Waals surface area contributed by atoms with Crippen LogP contribution in [0.5, 0.6) is 5.75 Å². The second kappa shape index (κ2) is 9.27. The van der Waals surface area contributed by atoms with Crippen LogP contribution in [0.25, 0.3) is 11.4 Å². The SMILES string of the molecule is CCCCCc1cnc(-c2ccc(C(F)(F)Oc3ccc(Cl)cc3)c(F)c2)nc1. The Kier molecular flexibility index (Phi) is 6.75. The van der Waals surface area contributed by atoms with Crippen molar-refractivity contribution in [1.82, 2.24) is 9.97 Å². The number of rotatable bonds is 8.